The Hall–Kier alpha value is -1.82. The van der Waals surface area contributed by atoms with Crippen molar-refractivity contribution in [3.63, 3.8) is 0 Å². The number of amides is 1. The molecule has 0 spiro atoms. The molecule has 0 radical (unpaired) electrons. The van der Waals surface area contributed by atoms with Gasteiger partial charge in [-0.1, -0.05) is 11.6 Å². The third-order valence-electron chi connectivity index (χ3n) is 3.70. The van der Waals surface area contributed by atoms with Crippen LogP contribution in [0.5, 0.6) is 0 Å². The zero-order chi connectivity index (χ0) is 15.1. The number of nitro benzene ring substituents is 1. The first kappa shape index (κ1) is 14.6. The van der Waals surface area contributed by atoms with E-state index in [1.54, 1.807) is 4.90 Å². The molecule has 1 amide bonds. The van der Waals surface area contributed by atoms with Crippen molar-refractivity contribution in [1.29, 1.82) is 0 Å². The molecule has 0 saturated carbocycles. The lowest BCUT2D eigenvalue weighted by molar-refractivity contribution is -0.383. The minimum absolute atomic E-state index is 0.0274. The summed E-state index contributed by atoms with van der Waals surface area (Å²) in [6.45, 7) is 4.60. The molecule has 6 nitrogen and oxygen atoms in total. The van der Waals surface area contributed by atoms with Crippen LogP contribution >= 0.6 is 11.6 Å². The SMILES string of the molecule is CC1(C)CCCN1C(=O)c1cc(Cl)c(N)c([N+](=O)[O-])c1. The Morgan fingerprint density at radius 1 is 1.50 bits per heavy atom. The van der Waals surface area contributed by atoms with Crippen LogP contribution in [0.2, 0.25) is 5.02 Å². The van der Waals surface area contributed by atoms with Gasteiger partial charge in [-0.05, 0) is 32.8 Å². The number of halogens is 1. The monoisotopic (exact) mass is 297 g/mol. The van der Waals surface area contributed by atoms with E-state index in [4.69, 9.17) is 17.3 Å². The average Bonchev–Trinajstić information content (AvgIpc) is 2.70. The first-order valence-corrected chi connectivity index (χ1v) is 6.67. The number of carbonyl (C=O) groups is 1. The predicted molar refractivity (Wildman–Crippen MR) is 76.9 cm³/mol. The molecule has 2 N–H and O–H groups in total. The number of carbonyl (C=O) groups excluding carboxylic acids is 1. The smallest absolute Gasteiger partial charge is 0.294 e. The van der Waals surface area contributed by atoms with E-state index in [0.29, 0.717) is 6.54 Å². The predicted octanol–water partition coefficient (Wildman–Crippen LogP) is 2.85. The van der Waals surface area contributed by atoms with Gasteiger partial charge in [0.15, 0.2) is 0 Å². The highest BCUT2D eigenvalue weighted by atomic mass is 35.5. The summed E-state index contributed by atoms with van der Waals surface area (Å²) in [6.07, 6.45) is 1.83. The summed E-state index contributed by atoms with van der Waals surface area (Å²) in [5, 5.41) is 11.0. The number of anilines is 1. The second-order valence-electron chi connectivity index (χ2n) is 5.52. The number of rotatable bonds is 2. The highest BCUT2D eigenvalue weighted by Gasteiger charge is 2.36. The Bertz CT molecular complexity index is 586. The summed E-state index contributed by atoms with van der Waals surface area (Å²) in [5.74, 6) is -0.252. The highest BCUT2D eigenvalue weighted by molar-refractivity contribution is 6.34. The van der Waals surface area contributed by atoms with E-state index in [1.807, 2.05) is 13.8 Å². The normalized spacial score (nSPS) is 17.2. The quantitative estimate of drug-likeness (QED) is 0.516. The molecule has 0 atom stereocenters. The van der Waals surface area contributed by atoms with Crippen LogP contribution in [0, 0.1) is 10.1 Å². The highest BCUT2D eigenvalue weighted by Crippen LogP contribution is 2.34. The standard InChI is InChI=1S/C13H16ClN3O3/c1-13(2)4-3-5-16(13)12(18)8-6-9(14)11(15)10(7-8)17(19)20/h6-7H,3-5,15H2,1-2H3. The first-order chi connectivity index (χ1) is 9.24. The number of benzene rings is 1. The van der Waals surface area contributed by atoms with Crippen molar-refractivity contribution >= 4 is 28.9 Å². The summed E-state index contributed by atoms with van der Waals surface area (Å²) in [7, 11) is 0. The van der Waals surface area contributed by atoms with Crippen LogP contribution in [0.4, 0.5) is 11.4 Å². The van der Waals surface area contributed by atoms with Gasteiger partial charge in [-0.15, -0.1) is 0 Å². The minimum atomic E-state index is -0.632. The van der Waals surface area contributed by atoms with E-state index in [-0.39, 0.29) is 33.4 Å². The van der Waals surface area contributed by atoms with Gasteiger partial charge in [0.2, 0.25) is 0 Å². The van der Waals surface area contributed by atoms with Crippen LogP contribution in [0.3, 0.4) is 0 Å². The number of likely N-dealkylation sites (tertiary alicyclic amines) is 1. The van der Waals surface area contributed by atoms with Crippen LogP contribution in [-0.2, 0) is 0 Å². The molecule has 1 saturated heterocycles. The fraction of sp³-hybridized carbons (Fsp3) is 0.462. The summed E-state index contributed by atoms with van der Waals surface area (Å²) < 4.78 is 0. The molecule has 1 aliphatic rings. The largest absolute Gasteiger partial charge is 0.392 e. The number of nitrogens with two attached hydrogens (primary N) is 1. The molecule has 1 aromatic carbocycles. The molecule has 1 fully saturated rings. The van der Waals surface area contributed by atoms with Gasteiger partial charge < -0.3 is 10.6 Å². The molecule has 1 heterocycles. The second-order valence-corrected chi connectivity index (χ2v) is 5.93. The molecule has 0 aromatic heterocycles. The lowest BCUT2D eigenvalue weighted by Gasteiger charge is -2.31. The Morgan fingerprint density at radius 2 is 2.15 bits per heavy atom. The van der Waals surface area contributed by atoms with Crippen molar-refractivity contribution < 1.29 is 9.72 Å². The van der Waals surface area contributed by atoms with Crippen LogP contribution in [-0.4, -0.2) is 27.8 Å². The van der Waals surface area contributed by atoms with E-state index >= 15 is 0 Å². The zero-order valence-electron chi connectivity index (χ0n) is 11.4. The van der Waals surface area contributed by atoms with Gasteiger partial charge in [0, 0.05) is 23.7 Å². The van der Waals surface area contributed by atoms with Crippen LogP contribution in [0.25, 0.3) is 0 Å². The van der Waals surface area contributed by atoms with Gasteiger partial charge in [-0.2, -0.15) is 0 Å². The molecule has 0 bridgehead atoms. The van der Waals surface area contributed by atoms with Crippen molar-refractivity contribution in [2.75, 3.05) is 12.3 Å². The Balaban J connectivity index is 2.43. The van der Waals surface area contributed by atoms with E-state index in [9.17, 15) is 14.9 Å². The van der Waals surface area contributed by atoms with Gasteiger partial charge >= 0.3 is 0 Å². The Kier molecular flexibility index (Phi) is 3.60. The van der Waals surface area contributed by atoms with Crippen molar-refractivity contribution in [1.82, 2.24) is 4.90 Å². The van der Waals surface area contributed by atoms with Gasteiger partial charge in [-0.25, -0.2) is 0 Å². The molecule has 2 rings (SSSR count). The average molecular weight is 298 g/mol. The van der Waals surface area contributed by atoms with E-state index < -0.39 is 4.92 Å². The van der Waals surface area contributed by atoms with Crippen molar-refractivity contribution in [2.45, 2.75) is 32.2 Å². The topological polar surface area (TPSA) is 89.5 Å². The molecule has 1 aliphatic heterocycles. The Labute approximate surface area is 121 Å². The lowest BCUT2D eigenvalue weighted by Crippen LogP contribution is -2.42. The summed E-state index contributed by atoms with van der Waals surface area (Å²) in [6, 6.07) is 2.58. The van der Waals surface area contributed by atoms with E-state index in [1.165, 1.54) is 12.1 Å². The second kappa shape index (κ2) is 4.94. The molecule has 108 valence electrons. The van der Waals surface area contributed by atoms with Crippen molar-refractivity contribution in [3.8, 4) is 0 Å². The molecule has 20 heavy (non-hydrogen) atoms. The molecular formula is C13H16ClN3O3. The molecule has 1 aromatic rings. The maximum Gasteiger partial charge on any atom is 0.294 e. The summed E-state index contributed by atoms with van der Waals surface area (Å²) >= 11 is 5.88. The number of nitrogens with zero attached hydrogens (tertiary/aromatic N) is 2. The third kappa shape index (κ3) is 2.43. The van der Waals surface area contributed by atoms with Crippen molar-refractivity contribution in [2.24, 2.45) is 0 Å². The lowest BCUT2D eigenvalue weighted by atomic mass is 10.0. The number of nitro groups is 1. The van der Waals surface area contributed by atoms with Crippen LogP contribution in [0.1, 0.15) is 37.0 Å². The van der Waals surface area contributed by atoms with Gasteiger partial charge in [0.1, 0.15) is 5.69 Å². The van der Waals surface area contributed by atoms with Gasteiger partial charge in [0.25, 0.3) is 11.6 Å². The molecule has 7 heteroatoms. The molecule has 0 unspecified atom stereocenters. The number of hydrogen-bond acceptors (Lipinski definition) is 4. The zero-order valence-corrected chi connectivity index (χ0v) is 12.1. The fourth-order valence-corrected chi connectivity index (χ4v) is 2.73. The minimum Gasteiger partial charge on any atom is -0.392 e. The van der Waals surface area contributed by atoms with Crippen LogP contribution in [0.15, 0.2) is 12.1 Å². The third-order valence-corrected chi connectivity index (χ3v) is 4.01. The van der Waals surface area contributed by atoms with Gasteiger partial charge in [0.05, 0.1) is 9.95 Å². The first-order valence-electron chi connectivity index (χ1n) is 6.29. The summed E-state index contributed by atoms with van der Waals surface area (Å²) in [4.78, 5) is 24.5. The number of nitrogen functional groups attached to an aromatic ring is 1. The fourth-order valence-electron chi connectivity index (χ4n) is 2.52. The maximum atomic E-state index is 12.5. The van der Waals surface area contributed by atoms with E-state index in [2.05, 4.69) is 0 Å². The van der Waals surface area contributed by atoms with Crippen molar-refractivity contribution in [3.05, 3.63) is 32.8 Å². The summed E-state index contributed by atoms with van der Waals surface area (Å²) in [5.41, 5.74) is 5.06. The Morgan fingerprint density at radius 3 is 2.65 bits per heavy atom. The van der Waals surface area contributed by atoms with E-state index in [0.717, 1.165) is 12.8 Å². The molecule has 0 aliphatic carbocycles. The number of hydrogen-bond donors (Lipinski definition) is 1. The molecular weight excluding hydrogens is 282 g/mol. The van der Waals surface area contributed by atoms with Gasteiger partial charge in [-0.3, -0.25) is 14.9 Å². The maximum absolute atomic E-state index is 12.5. The van der Waals surface area contributed by atoms with Crippen LogP contribution < -0.4 is 5.73 Å².